The zero-order chi connectivity index (χ0) is 17.3. The number of aromatic nitrogens is 3. The van der Waals surface area contributed by atoms with Crippen LogP contribution in [-0.2, 0) is 6.54 Å². The Morgan fingerprint density at radius 1 is 1.38 bits per heavy atom. The first-order valence-electron chi connectivity index (χ1n) is 7.23. The Morgan fingerprint density at radius 3 is 2.71 bits per heavy atom. The molecule has 24 heavy (non-hydrogen) atoms. The molecule has 0 radical (unpaired) electrons. The van der Waals surface area contributed by atoms with Crippen LogP contribution in [-0.4, -0.2) is 20.7 Å². The second-order valence-corrected chi connectivity index (χ2v) is 5.26. The Balaban J connectivity index is 2.26. The predicted molar refractivity (Wildman–Crippen MR) is 82.2 cm³/mol. The first-order chi connectivity index (χ1) is 11.5. The van der Waals surface area contributed by atoms with Crippen LogP contribution in [0.3, 0.4) is 0 Å². The highest BCUT2D eigenvalue weighted by Crippen LogP contribution is 2.27. The molecule has 0 saturated carbocycles. The molecule has 7 heteroatoms. The van der Waals surface area contributed by atoms with Gasteiger partial charge in [0.05, 0.1) is 41.8 Å². The number of halogens is 1. The molecule has 0 aliphatic heterocycles. The minimum absolute atomic E-state index is 0.0277. The van der Waals surface area contributed by atoms with Crippen LogP contribution in [0, 0.1) is 24.1 Å². The Kier molecular flexibility index (Phi) is 3.96. The fraction of sp³-hybridized carbons (Fsp3) is 0.176. The van der Waals surface area contributed by atoms with Gasteiger partial charge in [-0.25, -0.2) is 14.1 Å². The van der Waals surface area contributed by atoms with Crippen molar-refractivity contribution in [2.75, 3.05) is 0 Å². The number of hydrogen-bond acceptors (Lipinski definition) is 5. The fourth-order valence-electron chi connectivity index (χ4n) is 2.59. The summed E-state index contributed by atoms with van der Waals surface area (Å²) in [7, 11) is 0. The van der Waals surface area contributed by atoms with Crippen LogP contribution in [0.1, 0.15) is 22.5 Å². The normalized spacial score (nSPS) is 10.7. The molecular weight excluding hydrogens is 311 g/mol. The fourth-order valence-corrected chi connectivity index (χ4v) is 2.59. The number of fused-ring (bicyclic) bond motifs is 1. The summed E-state index contributed by atoms with van der Waals surface area (Å²) in [4.78, 5) is 16.0. The molecule has 0 aliphatic carbocycles. The molecule has 120 valence electrons. The van der Waals surface area contributed by atoms with E-state index in [2.05, 4.69) is 10.1 Å². The number of benzene rings is 1. The summed E-state index contributed by atoms with van der Waals surface area (Å²) in [6.45, 7) is 1.98. The summed E-state index contributed by atoms with van der Waals surface area (Å²) in [6, 6.07) is 9.01. The van der Waals surface area contributed by atoms with Crippen molar-refractivity contribution in [3.05, 3.63) is 47.4 Å². The number of aryl methyl sites for hydroxylation is 2. The summed E-state index contributed by atoms with van der Waals surface area (Å²) in [5, 5.41) is 25.0. The van der Waals surface area contributed by atoms with Gasteiger partial charge in [-0.3, -0.25) is 0 Å². The average molecular weight is 323 g/mol. The van der Waals surface area contributed by atoms with Crippen LogP contribution < -0.4 is 5.11 Å². The van der Waals surface area contributed by atoms with Crippen LogP contribution >= 0.6 is 0 Å². The van der Waals surface area contributed by atoms with Crippen molar-refractivity contribution < 1.29 is 14.3 Å². The lowest BCUT2D eigenvalue weighted by molar-refractivity contribution is -0.254. The lowest BCUT2D eigenvalue weighted by Crippen LogP contribution is -2.23. The van der Waals surface area contributed by atoms with Gasteiger partial charge in [-0.05, 0) is 37.3 Å². The number of nitrogens with zero attached hydrogens (tertiary/aromatic N) is 4. The smallest absolute Gasteiger partial charge is 0.159 e. The van der Waals surface area contributed by atoms with Crippen molar-refractivity contribution in [1.82, 2.24) is 14.8 Å². The number of aromatic carboxylic acids is 1. The zero-order valence-corrected chi connectivity index (χ0v) is 12.8. The van der Waals surface area contributed by atoms with Crippen molar-refractivity contribution in [3.63, 3.8) is 0 Å². The molecular formula is C17H12FN4O2-. The van der Waals surface area contributed by atoms with Crippen molar-refractivity contribution >= 4 is 17.0 Å². The van der Waals surface area contributed by atoms with Gasteiger partial charge in [-0.1, -0.05) is 0 Å². The standard InChI is InChI=1S/C17H13FN4O2/c1-10-15-13(17(23)24)9-14(11-3-5-12(18)6-4-11)20-16(15)22(21-10)8-2-7-19/h3-6,9H,2,8H2,1H3,(H,23,24)/p-1. The molecule has 3 aromatic rings. The van der Waals surface area contributed by atoms with Crippen LogP contribution in [0.2, 0.25) is 0 Å². The number of carboxylic acids is 1. The van der Waals surface area contributed by atoms with Crippen LogP contribution in [0.15, 0.2) is 30.3 Å². The maximum atomic E-state index is 13.1. The third-order valence-electron chi connectivity index (χ3n) is 3.67. The molecule has 0 N–H and O–H groups in total. The highest BCUT2D eigenvalue weighted by molar-refractivity contribution is 6.03. The van der Waals surface area contributed by atoms with Crippen molar-refractivity contribution in [2.45, 2.75) is 19.9 Å². The molecule has 0 fully saturated rings. The highest BCUT2D eigenvalue weighted by Gasteiger charge is 2.16. The number of carboxylic acid groups (broad SMARTS) is 1. The van der Waals surface area contributed by atoms with Gasteiger partial charge in [0.1, 0.15) is 5.82 Å². The third-order valence-corrected chi connectivity index (χ3v) is 3.67. The second-order valence-electron chi connectivity index (χ2n) is 5.26. The lowest BCUT2D eigenvalue weighted by atomic mass is 10.1. The van der Waals surface area contributed by atoms with E-state index >= 15 is 0 Å². The van der Waals surface area contributed by atoms with Crippen LogP contribution in [0.25, 0.3) is 22.3 Å². The summed E-state index contributed by atoms with van der Waals surface area (Å²) < 4.78 is 14.6. The SMILES string of the molecule is Cc1nn(CCC#N)c2nc(-c3ccc(F)cc3)cc(C(=O)[O-])c12. The first kappa shape index (κ1) is 15.6. The minimum Gasteiger partial charge on any atom is -0.545 e. The number of carbonyl (C=O) groups excluding carboxylic acids is 1. The minimum atomic E-state index is -1.34. The summed E-state index contributed by atoms with van der Waals surface area (Å²) in [5.41, 5.74) is 1.79. The van der Waals surface area contributed by atoms with Crippen molar-refractivity contribution in [3.8, 4) is 17.3 Å². The first-order valence-corrected chi connectivity index (χ1v) is 7.23. The monoisotopic (exact) mass is 323 g/mol. The highest BCUT2D eigenvalue weighted by atomic mass is 19.1. The van der Waals surface area contributed by atoms with Gasteiger partial charge in [0.2, 0.25) is 0 Å². The Morgan fingerprint density at radius 2 is 2.08 bits per heavy atom. The van der Waals surface area contributed by atoms with E-state index in [-0.39, 0.29) is 12.0 Å². The molecule has 0 saturated heterocycles. The van der Waals surface area contributed by atoms with E-state index in [9.17, 15) is 14.3 Å². The van der Waals surface area contributed by atoms with E-state index in [1.807, 2.05) is 6.07 Å². The van der Waals surface area contributed by atoms with Gasteiger partial charge >= 0.3 is 0 Å². The average Bonchev–Trinajstić information content (AvgIpc) is 2.89. The van der Waals surface area contributed by atoms with Crippen molar-refractivity contribution in [1.29, 1.82) is 5.26 Å². The molecule has 3 rings (SSSR count). The largest absolute Gasteiger partial charge is 0.545 e. The van der Waals surface area contributed by atoms with E-state index in [0.29, 0.717) is 34.5 Å². The molecule has 0 spiro atoms. The maximum Gasteiger partial charge on any atom is 0.159 e. The van der Waals surface area contributed by atoms with E-state index in [4.69, 9.17) is 5.26 Å². The maximum absolute atomic E-state index is 13.1. The number of hydrogen-bond donors (Lipinski definition) is 0. The lowest BCUT2D eigenvalue weighted by Gasteiger charge is -2.09. The molecule has 6 nitrogen and oxygen atoms in total. The zero-order valence-electron chi connectivity index (χ0n) is 12.8. The summed E-state index contributed by atoms with van der Waals surface area (Å²) in [6.07, 6.45) is 0.222. The number of nitriles is 1. The van der Waals surface area contributed by atoms with Gasteiger partial charge < -0.3 is 9.90 Å². The van der Waals surface area contributed by atoms with Gasteiger partial charge in [0.15, 0.2) is 5.65 Å². The molecule has 2 heterocycles. The Hall–Kier alpha value is -3.27. The molecule has 0 unspecified atom stereocenters. The van der Waals surface area contributed by atoms with E-state index in [1.54, 1.807) is 6.92 Å². The van der Waals surface area contributed by atoms with Gasteiger partial charge in [-0.2, -0.15) is 10.4 Å². The van der Waals surface area contributed by atoms with E-state index in [0.717, 1.165) is 0 Å². The third kappa shape index (κ3) is 2.70. The molecule has 1 aromatic carbocycles. The van der Waals surface area contributed by atoms with Gasteiger partial charge in [-0.15, -0.1) is 0 Å². The molecule has 0 amide bonds. The van der Waals surface area contributed by atoms with E-state index < -0.39 is 11.8 Å². The molecule has 2 aromatic heterocycles. The molecule has 0 atom stereocenters. The van der Waals surface area contributed by atoms with Gasteiger partial charge in [0, 0.05) is 11.1 Å². The molecule has 0 bridgehead atoms. The van der Waals surface area contributed by atoms with E-state index in [1.165, 1.54) is 35.0 Å². The van der Waals surface area contributed by atoms with Crippen LogP contribution in [0.5, 0.6) is 0 Å². The molecule has 0 aliphatic rings. The number of carbonyl (C=O) groups is 1. The van der Waals surface area contributed by atoms with Crippen molar-refractivity contribution in [2.24, 2.45) is 0 Å². The Labute approximate surface area is 136 Å². The van der Waals surface area contributed by atoms with Crippen LogP contribution in [0.4, 0.5) is 4.39 Å². The topological polar surface area (TPSA) is 94.6 Å². The second kappa shape index (κ2) is 6.08. The number of pyridine rings is 1. The predicted octanol–water partition coefficient (Wildman–Crippen LogP) is 1.82. The summed E-state index contributed by atoms with van der Waals surface area (Å²) in [5.74, 6) is -1.73. The Bertz CT molecular complexity index is 971. The quantitative estimate of drug-likeness (QED) is 0.730. The summed E-state index contributed by atoms with van der Waals surface area (Å²) >= 11 is 0. The van der Waals surface area contributed by atoms with Gasteiger partial charge in [0.25, 0.3) is 0 Å². The number of rotatable bonds is 4.